The molecule has 2 N–H and O–H groups in total. The van der Waals surface area contributed by atoms with Gasteiger partial charge in [0.15, 0.2) is 11.6 Å². The third-order valence-electron chi connectivity index (χ3n) is 6.11. The fourth-order valence-electron chi connectivity index (χ4n) is 4.43. The van der Waals surface area contributed by atoms with Gasteiger partial charge in [-0.2, -0.15) is 10.1 Å². The first-order valence-corrected chi connectivity index (χ1v) is 11.3. The molecule has 0 spiro atoms. The number of nitrogens with zero attached hydrogens (tertiary/aromatic N) is 8. The highest BCUT2D eigenvalue weighted by Crippen LogP contribution is 2.27. The zero-order valence-electron chi connectivity index (χ0n) is 19.2. The Morgan fingerprint density at radius 1 is 1.19 bits per heavy atom. The summed E-state index contributed by atoms with van der Waals surface area (Å²) in [7, 11) is 0. The Morgan fingerprint density at radius 3 is 2.81 bits per heavy atom. The standard InChI is InChI=1S/C23H21F2N9O2/c1-2-33-23(35)31(8-7-30-12-14(11-28-30)16-6-5-15(24)10-17(16)25)22-29-21-20(34(22)33)19(27-13-32(21)26)18-4-3-9-36-18/h3-6,9-12H,2,7-8,13,26H2,1H3. The van der Waals surface area contributed by atoms with Gasteiger partial charge in [-0.05, 0) is 31.2 Å². The van der Waals surface area contributed by atoms with Gasteiger partial charge in [-0.1, -0.05) is 0 Å². The normalized spacial score (nSPS) is 13.4. The second-order valence-corrected chi connectivity index (χ2v) is 8.26. The van der Waals surface area contributed by atoms with E-state index in [0.717, 1.165) is 6.07 Å². The number of hydrazine groups is 1. The predicted molar refractivity (Wildman–Crippen MR) is 127 cm³/mol. The van der Waals surface area contributed by atoms with Crippen molar-refractivity contribution >= 4 is 17.3 Å². The molecule has 0 aliphatic carbocycles. The molecule has 0 amide bonds. The molecule has 6 rings (SSSR count). The molecule has 1 aliphatic rings. The third-order valence-corrected chi connectivity index (χ3v) is 6.11. The van der Waals surface area contributed by atoms with E-state index in [-0.39, 0.29) is 24.5 Å². The Hall–Kier alpha value is -4.52. The number of anilines is 1. The first-order chi connectivity index (χ1) is 17.5. The Bertz CT molecular complexity index is 1670. The number of hydrogen-bond donors (Lipinski definition) is 1. The van der Waals surface area contributed by atoms with Crippen molar-refractivity contribution < 1.29 is 13.2 Å². The van der Waals surface area contributed by atoms with E-state index in [0.29, 0.717) is 47.4 Å². The number of halogens is 2. The van der Waals surface area contributed by atoms with Gasteiger partial charge in [0, 0.05) is 29.9 Å². The average molecular weight is 493 g/mol. The number of imidazole rings is 1. The average Bonchev–Trinajstić information content (AvgIpc) is 3.64. The minimum absolute atomic E-state index is 0.190. The van der Waals surface area contributed by atoms with E-state index in [1.54, 1.807) is 38.5 Å². The fourth-order valence-corrected chi connectivity index (χ4v) is 4.43. The first kappa shape index (κ1) is 22.0. The maximum atomic E-state index is 14.2. The number of aromatic nitrogens is 6. The Labute approximate surface area is 202 Å². The third kappa shape index (κ3) is 3.35. The lowest BCUT2D eigenvalue weighted by atomic mass is 10.1. The molecular weight excluding hydrogens is 472 g/mol. The molecule has 1 aromatic carbocycles. The minimum Gasteiger partial charge on any atom is -0.463 e. The molecule has 4 aromatic heterocycles. The van der Waals surface area contributed by atoms with Crippen LogP contribution in [0.5, 0.6) is 0 Å². The predicted octanol–water partition coefficient (Wildman–Crippen LogP) is 2.24. The van der Waals surface area contributed by atoms with Gasteiger partial charge in [-0.3, -0.25) is 19.3 Å². The lowest BCUT2D eigenvalue weighted by Gasteiger charge is -2.21. The summed E-state index contributed by atoms with van der Waals surface area (Å²) in [5, 5.41) is 5.70. The molecule has 0 atom stereocenters. The van der Waals surface area contributed by atoms with Gasteiger partial charge in [0.25, 0.3) is 0 Å². The van der Waals surface area contributed by atoms with Crippen molar-refractivity contribution in [2.75, 3.05) is 11.7 Å². The van der Waals surface area contributed by atoms with Crippen molar-refractivity contribution in [1.82, 2.24) is 28.5 Å². The molecule has 0 radical (unpaired) electrons. The van der Waals surface area contributed by atoms with Crippen LogP contribution in [0.15, 0.2) is 63.2 Å². The Balaban J connectivity index is 1.37. The second kappa shape index (κ2) is 8.30. The minimum atomic E-state index is -0.671. The largest absolute Gasteiger partial charge is 0.463 e. The van der Waals surface area contributed by atoms with Crippen LogP contribution in [0.3, 0.4) is 0 Å². The quantitative estimate of drug-likeness (QED) is 0.363. The van der Waals surface area contributed by atoms with Crippen molar-refractivity contribution in [2.24, 2.45) is 10.8 Å². The van der Waals surface area contributed by atoms with Gasteiger partial charge in [0.1, 0.15) is 29.7 Å². The molecule has 0 saturated carbocycles. The van der Waals surface area contributed by atoms with E-state index in [2.05, 4.69) is 15.1 Å². The highest BCUT2D eigenvalue weighted by atomic mass is 19.1. The van der Waals surface area contributed by atoms with E-state index in [4.69, 9.17) is 10.3 Å². The topological polar surface area (TPSA) is 117 Å². The molecule has 0 unspecified atom stereocenters. The number of aliphatic imine (C=N–C) groups is 1. The van der Waals surface area contributed by atoms with Crippen LogP contribution in [-0.4, -0.2) is 40.9 Å². The van der Waals surface area contributed by atoms with Crippen LogP contribution in [0.4, 0.5) is 14.6 Å². The van der Waals surface area contributed by atoms with Gasteiger partial charge in [-0.25, -0.2) is 28.6 Å². The van der Waals surface area contributed by atoms with E-state index in [9.17, 15) is 13.6 Å². The number of fused-ring (bicyclic) bond motifs is 3. The van der Waals surface area contributed by atoms with E-state index in [1.807, 2.05) is 6.92 Å². The van der Waals surface area contributed by atoms with Crippen LogP contribution >= 0.6 is 0 Å². The highest BCUT2D eigenvalue weighted by molar-refractivity contribution is 6.14. The van der Waals surface area contributed by atoms with Gasteiger partial charge in [0.05, 0.1) is 25.5 Å². The Kier molecular flexibility index (Phi) is 5.07. The number of aryl methyl sites for hydroxylation is 3. The summed E-state index contributed by atoms with van der Waals surface area (Å²) >= 11 is 0. The van der Waals surface area contributed by atoms with Crippen LogP contribution in [0.25, 0.3) is 16.9 Å². The monoisotopic (exact) mass is 493 g/mol. The molecule has 5 aromatic rings. The smallest absolute Gasteiger partial charge is 0.346 e. The molecule has 0 saturated heterocycles. The van der Waals surface area contributed by atoms with Gasteiger partial charge < -0.3 is 4.42 Å². The summed E-state index contributed by atoms with van der Waals surface area (Å²) in [6.07, 6.45) is 4.70. The number of benzene rings is 1. The van der Waals surface area contributed by atoms with Crippen molar-refractivity contribution in [3.8, 4) is 11.1 Å². The summed E-state index contributed by atoms with van der Waals surface area (Å²) in [6, 6.07) is 6.95. The van der Waals surface area contributed by atoms with Gasteiger partial charge >= 0.3 is 5.69 Å². The number of hydrogen-bond acceptors (Lipinski definition) is 7. The van der Waals surface area contributed by atoms with Crippen molar-refractivity contribution in [2.45, 2.75) is 26.6 Å². The lowest BCUT2D eigenvalue weighted by Crippen LogP contribution is -2.37. The molecule has 0 fully saturated rings. The van der Waals surface area contributed by atoms with Crippen LogP contribution in [0.1, 0.15) is 18.4 Å². The van der Waals surface area contributed by atoms with Crippen molar-refractivity contribution in [3.63, 3.8) is 0 Å². The molecule has 11 nitrogen and oxygen atoms in total. The molecule has 36 heavy (non-hydrogen) atoms. The van der Waals surface area contributed by atoms with E-state index in [1.165, 1.54) is 27.9 Å². The number of furan rings is 1. The lowest BCUT2D eigenvalue weighted by molar-refractivity contribution is 0.515. The van der Waals surface area contributed by atoms with Crippen LogP contribution < -0.4 is 16.5 Å². The first-order valence-electron chi connectivity index (χ1n) is 11.3. The Morgan fingerprint density at radius 2 is 2.06 bits per heavy atom. The highest BCUT2D eigenvalue weighted by Gasteiger charge is 2.31. The SMILES string of the molecule is CCn1c(=O)n(CCn2cc(-c3ccc(F)cc3F)cn2)c2nc3c(n21)C(c1ccco1)=NCN3N. The van der Waals surface area contributed by atoms with Crippen LogP contribution in [-0.2, 0) is 19.6 Å². The summed E-state index contributed by atoms with van der Waals surface area (Å²) in [4.78, 5) is 22.5. The van der Waals surface area contributed by atoms with E-state index >= 15 is 0 Å². The molecule has 5 heterocycles. The molecule has 13 heteroatoms. The van der Waals surface area contributed by atoms with Crippen molar-refractivity contribution in [1.29, 1.82) is 0 Å². The van der Waals surface area contributed by atoms with Gasteiger partial charge in [0.2, 0.25) is 5.78 Å². The molecule has 184 valence electrons. The summed E-state index contributed by atoms with van der Waals surface area (Å²) in [6.45, 7) is 3.00. The number of nitrogens with two attached hydrogens (primary N) is 1. The number of rotatable bonds is 6. The summed E-state index contributed by atoms with van der Waals surface area (Å²) in [5.41, 5.74) is 1.62. The fraction of sp³-hybridized carbons (Fsp3) is 0.217. The zero-order chi connectivity index (χ0) is 25.0. The van der Waals surface area contributed by atoms with E-state index < -0.39 is 11.6 Å². The maximum Gasteiger partial charge on any atom is 0.346 e. The van der Waals surface area contributed by atoms with Gasteiger partial charge in [-0.15, -0.1) is 0 Å². The zero-order valence-corrected chi connectivity index (χ0v) is 19.2. The molecule has 0 bridgehead atoms. The summed E-state index contributed by atoms with van der Waals surface area (Å²) < 4.78 is 39.4. The summed E-state index contributed by atoms with van der Waals surface area (Å²) in [5.74, 6) is 6.28. The van der Waals surface area contributed by atoms with Crippen LogP contribution in [0.2, 0.25) is 0 Å². The molecular formula is C23H21F2N9O2. The maximum absolute atomic E-state index is 14.2. The second-order valence-electron chi connectivity index (χ2n) is 8.26. The van der Waals surface area contributed by atoms with Crippen LogP contribution in [0, 0.1) is 11.6 Å². The molecule has 1 aliphatic heterocycles. The van der Waals surface area contributed by atoms with Crippen molar-refractivity contribution in [3.05, 3.63) is 82.6 Å².